The Kier molecular flexibility index (Phi) is 9.23. The largest absolute Gasteiger partial charge is 0.372 e. The number of benzene rings is 2. The zero-order valence-electron chi connectivity index (χ0n) is 21.0. The van der Waals surface area contributed by atoms with Crippen molar-refractivity contribution in [2.75, 3.05) is 36.0 Å². The summed E-state index contributed by atoms with van der Waals surface area (Å²) in [6.07, 6.45) is 4.57. The van der Waals surface area contributed by atoms with E-state index in [0.29, 0.717) is 5.82 Å². The van der Waals surface area contributed by atoms with E-state index < -0.39 is 0 Å². The topological polar surface area (TPSA) is 45.2 Å². The van der Waals surface area contributed by atoms with Crippen molar-refractivity contribution < 1.29 is 0 Å². The summed E-state index contributed by atoms with van der Waals surface area (Å²) in [5.41, 5.74) is 6.36. The first-order valence-electron chi connectivity index (χ1n) is 12.5. The standard InChI is InChI=1S/C28H39N5/c1-6-18-32(19-7-2)25-14-10-23(11-15-25)27-28(31-30-22(5)29-27)24-12-16-26(17-13-24)33(20-8-3)21-9-4/h10-17H,6-9,18-21H2,1-5H3. The monoisotopic (exact) mass is 445 g/mol. The summed E-state index contributed by atoms with van der Waals surface area (Å²) >= 11 is 0. The molecule has 5 heteroatoms. The first kappa shape index (κ1) is 24.7. The highest BCUT2D eigenvalue weighted by Gasteiger charge is 2.14. The van der Waals surface area contributed by atoms with Crippen LogP contribution in [0.25, 0.3) is 22.5 Å². The first-order valence-corrected chi connectivity index (χ1v) is 12.5. The van der Waals surface area contributed by atoms with Crippen LogP contribution in [0.15, 0.2) is 48.5 Å². The molecule has 0 fully saturated rings. The Morgan fingerprint density at radius 2 is 0.939 bits per heavy atom. The molecule has 0 aliphatic heterocycles. The molecule has 0 unspecified atom stereocenters. The number of aromatic nitrogens is 3. The molecule has 3 aromatic rings. The van der Waals surface area contributed by atoms with Crippen LogP contribution >= 0.6 is 0 Å². The number of aryl methyl sites for hydroxylation is 1. The fourth-order valence-electron chi connectivity index (χ4n) is 4.28. The Morgan fingerprint density at radius 1 is 0.545 bits per heavy atom. The molecule has 0 amide bonds. The van der Waals surface area contributed by atoms with E-state index in [9.17, 15) is 0 Å². The van der Waals surface area contributed by atoms with Crippen LogP contribution in [0.1, 0.15) is 59.2 Å². The Bertz CT molecular complexity index is 970. The minimum absolute atomic E-state index is 0.685. The summed E-state index contributed by atoms with van der Waals surface area (Å²) in [6.45, 7) is 15.1. The quantitative estimate of drug-likeness (QED) is 0.308. The van der Waals surface area contributed by atoms with E-state index in [1.165, 1.54) is 11.4 Å². The maximum Gasteiger partial charge on any atom is 0.148 e. The third-order valence-electron chi connectivity index (χ3n) is 5.78. The lowest BCUT2D eigenvalue weighted by molar-refractivity contribution is 0.745. The average Bonchev–Trinajstić information content (AvgIpc) is 2.84. The highest BCUT2D eigenvalue weighted by Crippen LogP contribution is 2.31. The molecule has 3 rings (SSSR count). The van der Waals surface area contributed by atoms with Gasteiger partial charge in [-0.1, -0.05) is 52.0 Å². The minimum atomic E-state index is 0.685. The summed E-state index contributed by atoms with van der Waals surface area (Å²) in [4.78, 5) is 9.68. The van der Waals surface area contributed by atoms with E-state index in [-0.39, 0.29) is 0 Å². The predicted molar refractivity (Wildman–Crippen MR) is 141 cm³/mol. The third-order valence-corrected chi connectivity index (χ3v) is 5.78. The molecule has 33 heavy (non-hydrogen) atoms. The van der Waals surface area contributed by atoms with E-state index in [0.717, 1.165) is 74.4 Å². The lowest BCUT2D eigenvalue weighted by atomic mass is 10.0. The van der Waals surface area contributed by atoms with E-state index >= 15 is 0 Å². The molecule has 0 saturated carbocycles. The van der Waals surface area contributed by atoms with Gasteiger partial charge in [-0.25, -0.2) is 4.98 Å². The van der Waals surface area contributed by atoms with Gasteiger partial charge >= 0.3 is 0 Å². The molecule has 0 spiro atoms. The third kappa shape index (κ3) is 6.31. The van der Waals surface area contributed by atoms with Gasteiger partial charge < -0.3 is 9.80 Å². The number of rotatable bonds is 12. The predicted octanol–water partition coefficient (Wildman–Crippen LogP) is 6.77. The van der Waals surface area contributed by atoms with Gasteiger partial charge in [0.05, 0.1) is 0 Å². The number of anilines is 2. The average molecular weight is 446 g/mol. The second kappa shape index (κ2) is 12.3. The normalized spacial score (nSPS) is 10.9. The van der Waals surface area contributed by atoms with Crippen molar-refractivity contribution in [1.29, 1.82) is 0 Å². The fourth-order valence-corrected chi connectivity index (χ4v) is 4.28. The fraction of sp³-hybridized carbons (Fsp3) is 0.464. The van der Waals surface area contributed by atoms with E-state index in [4.69, 9.17) is 4.98 Å². The number of hydrogen-bond donors (Lipinski definition) is 0. The van der Waals surface area contributed by atoms with Crippen molar-refractivity contribution in [3.8, 4) is 22.5 Å². The smallest absolute Gasteiger partial charge is 0.148 e. The molecule has 0 aliphatic rings. The van der Waals surface area contributed by atoms with Gasteiger partial charge in [-0.05, 0) is 56.9 Å². The van der Waals surface area contributed by atoms with Crippen LogP contribution in [-0.4, -0.2) is 41.4 Å². The zero-order chi connectivity index (χ0) is 23.6. The van der Waals surface area contributed by atoms with Crippen molar-refractivity contribution in [1.82, 2.24) is 15.2 Å². The molecule has 1 aromatic heterocycles. The molecule has 0 aliphatic carbocycles. The minimum Gasteiger partial charge on any atom is -0.372 e. The zero-order valence-corrected chi connectivity index (χ0v) is 21.0. The van der Waals surface area contributed by atoms with Gasteiger partial charge in [0.1, 0.15) is 17.2 Å². The number of nitrogens with zero attached hydrogens (tertiary/aromatic N) is 5. The second-order valence-corrected chi connectivity index (χ2v) is 8.62. The molecule has 2 aromatic carbocycles. The summed E-state index contributed by atoms with van der Waals surface area (Å²) in [5.74, 6) is 0.685. The molecule has 1 heterocycles. The van der Waals surface area contributed by atoms with Crippen molar-refractivity contribution in [2.45, 2.75) is 60.3 Å². The van der Waals surface area contributed by atoms with Crippen molar-refractivity contribution in [3.63, 3.8) is 0 Å². The van der Waals surface area contributed by atoms with Crippen molar-refractivity contribution in [3.05, 3.63) is 54.4 Å². The van der Waals surface area contributed by atoms with Gasteiger partial charge in [-0.15, -0.1) is 10.2 Å². The summed E-state index contributed by atoms with van der Waals surface area (Å²) in [6, 6.07) is 17.4. The molecule has 0 N–H and O–H groups in total. The molecule has 5 nitrogen and oxygen atoms in total. The Balaban J connectivity index is 1.92. The van der Waals surface area contributed by atoms with Gasteiger partial charge in [0.2, 0.25) is 0 Å². The van der Waals surface area contributed by atoms with Crippen molar-refractivity contribution >= 4 is 11.4 Å². The van der Waals surface area contributed by atoms with Crippen LogP contribution < -0.4 is 9.80 Å². The van der Waals surface area contributed by atoms with E-state index in [1.807, 2.05) is 6.92 Å². The molecule has 0 bridgehead atoms. The molecule has 0 radical (unpaired) electrons. The molecule has 176 valence electrons. The highest BCUT2D eigenvalue weighted by atomic mass is 15.2. The lowest BCUT2D eigenvalue weighted by Gasteiger charge is -2.24. The van der Waals surface area contributed by atoms with Gasteiger partial charge in [0.25, 0.3) is 0 Å². The molecule has 0 saturated heterocycles. The summed E-state index contributed by atoms with van der Waals surface area (Å²) in [5, 5.41) is 8.82. The van der Waals surface area contributed by atoms with Gasteiger partial charge in [-0.2, -0.15) is 0 Å². The second-order valence-electron chi connectivity index (χ2n) is 8.62. The van der Waals surface area contributed by atoms with Gasteiger partial charge in [-0.3, -0.25) is 0 Å². The van der Waals surface area contributed by atoms with Crippen LogP contribution in [0.2, 0.25) is 0 Å². The maximum atomic E-state index is 4.79. The van der Waals surface area contributed by atoms with E-state index in [2.05, 4.69) is 96.2 Å². The molecular formula is C28H39N5. The van der Waals surface area contributed by atoms with Crippen LogP contribution in [0.3, 0.4) is 0 Å². The Labute approximate surface area is 199 Å². The van der Waals surface area contributed by atoms with E-state index in [1.54, 1.807) is 0 Å². The van der Waals surface area contributed by atoms with Gasteiger partial charge in [0.15, 0.2) is 0 Å². The maximum absolute atomic E-state index is 4.79. The Morgan fingerprint density at radius 3 is 1.33 bits per heavy atom. The molecule has 0 atom stereocenters. The van der Waals surface area contributed by atoms with Crippen LogP contribution in [0, 0.1) is 6.92 Å². The summed E-state index contributed by atoms with van der Waals surface area (Å²) < 4.78 is 0. The number of hydrogen-bond acceptors (Lipinski definition) is 5. The summed E-state index contributed by atoms with van der Waals surface area (Å²) in [7, 11) is 0. The van der Waals surface area contributed by atoms with Crippen LogP contribution in [-0.2, 0) is 0 Å². The van der Waals surface area contributed by atoms with Gasteiger partial charge in [0, 0.05) is 48.7 Å². The molecular weight excluding hydrogens is 406 g/mol. The Hall–Kier alpha value is -2.95. The highest BCUT2D eigenvalue weighted by molar-refractivity contribution is 5.79. The lowest BCUT2D eigenvalue weighted by Crippen LogP contribution is -2.24. The SMILES string of the molecule is CCCN(CCC)c1ccc(-c2nnc(C)nc2-c2ccc(N(CCC)CCC)cc2)cc1. The van der Waals surface area contributed by atoms with Crippen molar-refractivity contribution in [2.24, 2.45) is 0 Å². The van der Waals surface area contributed by atoms with Crippen LogP contribution in [0.5, 0.6) is 0 Å². The first-order chi connectivity index (χ1) is 16.1. The van der Waals surface area contributed by atoms with Crippen LogP contribution in [0.4, 0.5) is 11.4 Å².